The van der Waals surface area contributed by atoms with Crippen LogP contribution in [0.4, 0.5) is 4.79 Å². The molecule has 0 aliphatic carbocycles. The molecule has 4 rings (SSSR count). The summed E-state index contributed by atoms with van der Waals surface area (Å²) in [6.45, 7) is 4.78. The van der Waals surface area contributed by atoms with Gasteiger partial charge >= 0.3 is 6.03 Å². The first-order valence-electron chi connectivity index (χ1n) is 8.85. The molecule has 138 valence electrons. The summed E-state index contributed by atoms with van der Waals surface area (Å²) in [6, 6.07) is 15.8. The number of aryl methyl sites for hydroxylation is 1. The first-order chi connectivity index (χ1) is 13.0. The minimum Gasteiger partial charge on any atom is -0.336 e. The van der Waals surface area contributed by atoms with Crippen molar-refractivity contribution in [1.29, 1.82) is 0 Å². The minimum atomic E-state index is -0.421. The van der Waals surface area contributed by atoms with E-state index < -0.39 is 5.25 Å². The van der Waals surface area contributed by atoms with E-state index >= 15 is 0 Å². The Morgan fingerprint density at radius 3 is 2.63 bits per heavy atom. The van der Waals surface area contributed by atoms with Gasteiger partial charge in [-0.1, -0.05) is 41.6 Å². The monoisotopic (exact) mass is 380 g/mol. The van der Waals surface area contributed by atoms with Gasteiger partial charge in [-0.25, -0.2) is 9.78 Å². The molecule has 0 saturated carbocycles. The van der Waals surface area contributed by atoms with Crippen molar-refractivity contribution in [2.75, 3.05) is 13.1 Å². The number of imide groups is 1. The third-order valence-corrected chi connectivity index (χ3v) is 5.61. The fourth-order valence-corrected chi connectivity index (χ4v) is 4.14. The number of thioether (sulfide) groups is 1. The quantitative estimate of drug-likeness (QED) is 0.705. The van der Waals surface area contributed by atoms with Crippen LogP contribution in [0.25, 0.3) is 16.7 Å². The van der Waals surface area contributed by atoms with E-state index in [0.717, 1.165) is 21.9 Å². The number of nitrogens with one attached hydrogen (secondary N) is 1. The maximum absolute atomic E-state index is 12.7. The molecule has 3 amide bonds. The maximum Gasteiger partial charge on any atom is 0.324 e. The van der Waals surface area contributed by atoms with Crippen molar-refractivity contribution in [2.45, 2.75) is 24.3 Å². The highest BCUT2D eigenvalue weighted by Crippen LogP contribution is 2.31. The molecule has 1 atom stereocenters. The van der Waals surface area contributed by atoms with Gasteiger partial charge in [-0.15, -0.1) is 0 Å². The molecule has 3 aromatic rings. The number of rotatable bonds is 4. The molecule has 0 spiro atoms. The van der Waals surface area contributed by atoms with Gasteiger partial charge in [0, 0.05) is 18.8 Å². The van der Waals surface area contributed by atoms with Gasteiger partial charge in [0.05, 0.1) is 16.3 Å². The predicted octanol–water partition coefficient (Wildman–Crippen LogP) is 3.37. The number of benzene rings is 2. The Morgan fingerprint density at radius 2 is 1.93 bits per heavy atom. The van der Waals surface area contributed by atoms with Crippen LogP contribution in [0.3, 0.4) is 0 Å². The maximum atomic E-state index is 12.7. The molecule has 1 saturated heterocycles. The first-order valence-corrected chi connectivity index (χ1v) is 9.73. The lowest BCUT2D eigenvalue weighted by Gasteiger charge is -2.17. The van der Waals surface area contributed by atoms with Gasteiger partial charge < -0.3 is 5.32 Å². The van der Waals surface area contributed by atoms with Crippen molar-refractivity contribution in [3.8, 4) is 5.69 Å². The van der Waals surface area contributed by atoms with Crippen LogP contribution in [0.5, 0.6) is 0 Å². The molecule has 0 radical (unpaired) electrons. The average molecular weight is 380 g/mol. The third kappa shape index (κ3) is 3.30. The fraction of sp³-hybridized carbons (Fsp3) is 0.250. The zero-order chi connectivity index (χ0) is 19.0. The van der Waals surface area contributed by atoms with E-state index in [4.69, 9.17) is 4.98 Å². The summed E-state index contributed by atoms with van der Waals surface area (Å²) in [4.78, 5) is 30.5. The van der Waals surface area contributed by atoms with Crippen molar-refractivity contribution >= 4 is 34.7 Å². The Labute approximate surface area is 161 Å². The zero-order valence-corrected chi connectivity index (χ0v) is 16.0. The summed E-state index contributed by atoms with van der Waals surface area (Å²) in [7, 11) is 0. The lowest BCUT2D eigenvalue weighted by Crippen LogP contribution is -2.39. The number of hydrogen-bond donors (Lipinski definition) is 1. The molecule has 7 heteroatoms. The highest BCUT2D eigenvalue weighted by atomic mass is 32.2. The molecule has 6 nitrogen and oxygen atoms in total. The number of carbonyl (C=O) groups is 2. The number of imidazole rings is 1. The van der Waals surface area contributed by atoms with Crippen molar-refractivity contribution in [1.82, 2.24) is 19.8 Å². The molecule has 1 aliphatic rings. The Kier molecular flexibility index (Phi) is 4.61. The second kappa shape index (κ2) is 7.08. The highest BCUT2D eigenvalue weighted by Gasteiger charge is 2.31. The average Bonchev–Trinajstić information content (AvgIpc) is 3.25. The molecule has 1 aliphatic heterocycles. The number of nitrogens with zero attached hydrogens (tertiary/aromatic N) is 3. The molecule has 0 bridgehead atoms. The van der Waals surface area contributed by atoms with E-state index in [1.165, 1.54) is 22.2 Å². The van der Waals surface area contributed by atoms with Crippen LogP contribution >= 0.6 is 11.8 Å². The Hall–Kier alpha value is -2.80. The highest BCUT2D eigenvalue weighted by molar-refractivity contribution is 8.00. The number of urea groups is 1. The van der Waals surface area contributed by atoms with E-state index in [1.807, 2.05) is 50.2 Å². The van der Waals surface area contributed by atoms with Gasteiger partial charge in [-0.3, -0.25) is 14.3 Å². The Morgan fingerprint density at radius 1 is 1.19 bits per heavy atom. The summed E-state index contributed by atoms with van der Waals surface area (Å²) in [6.07, 6.45) is 0. The molecule has 1 fully saturated rings. The number of para-hydroxylation sites is 2. The number of aromatic nitrogens is 2. The van der Waals surface area contributed by atoms with Crippen LogP contribution in [0, 0.1) is 6.92 Å². The second-order valence-corrected chi connectivity index (χ2v) is 7.84. The van der Waals surface area contributed by atoms with Crippen LogP contribution < -0.4 is 5.32 Å². The molecule has 1 aromatic heterocycles. The van der Waals surface area contributed by atoms with Crippen LogP contribution in [0.1, 0.15) is 12.5 Å². The fourth-order valence-electron chi connectivity index (χ4n) is 3.14. The minimum absolute atomic E-state index is 0.197. The van der Waals surface area contributed by atoms with Crippen LogP contribution in [0.2, 0.25) is 0 Å². The number of carbonyl (C=O) groups excluding carboxylic acids is 2. The van der Waals surface area contributed by atoms with Crippen LogP contribution in [0.15, 0.2) is 53.7 Å². The van der Waals surface area contributed by atoms with Gasteiger partial charge in [0.1, 0.15) is 0 Å². The van der Waals surface area contributed by atoms with Gasteiger partial charge in [0.25, 0.3) is 0 Å². The molecule has 2 heterocycles. The van der Waals surface area contributed by atoms with Crippen LogP contribution in [-0.2, 0) is 4.79 Å². The number of fused-ring (bicyclic) bond motifs is 1. The second-order valence-electron chi connectivity index (χ2n) is 6.54. The topological polar surface area (TPSA) is 67.2 Å². The predicted molar refractivity (Wildman–Crippen MR) is 106 cm³/mol. The van der Waals surface area contributed by atoms with E-state index in [2.05, 4.69) is 22.0 Å². The molecule has 27 heavy (non-hydrogen) atoms. The van der Waals surface area contributed by atoms with E-state index in [-0.39, 0.29) is 11.9 Å². The summed E-state index contributed by atoms with van der Waals surface area (Å²) in [5.41, 5.74) is 4.04. The van der Waals surface area contributed by atoms with Crippen molar-refractivity contribution < 1.29 is 9.59 Å². The smallest absolute Gasteiger partial charge is 0.324 e. The first kappa shape index (κ1) is 17.6. The van der Waals surface area contributed by atoms with Crippen molar-refractivity contribution in [2.24, 2.45) is 0 Å². The SMILES string of the molecule is Cc1ccc(-n2c(S[C@H](C)C(=O)N3CCNC3=O)nc3ccccc32)cc1. The van der Waals surface area contributed by atoms with Gasteiger partial charge in [-0.05, 0) is 38.1 Å². The number of amides is 3. The molecule has 1 N–H and O–H groups in total. The summed E-state index contributed by atoms with van der Waals surface area (Å²) >= 11 is 1.37. The van der Waals surface area contributed by atoms with Gasteiger partial charge in [0.2, 0.25) is 5.91 Å². The van der Waals surface area contributed by atoms with Crippen molar-refractivity contribution in [3.63, 3.8) is 0 Å². The summed E-state index contributed by atoms with van der Waals surface area (Å²) in [5, 5.41) is 2.98. The van der Waals surface area contributed by atoms with E-state index in [1.54, 1.807) is 0 Å². The van der Waals surface area contributed by atoms with Crippen molar-refractivity contribution in [3.05, 3.63) is 54.1 Å². The molecular weight excluding hydrogens is 360 g/mol. The normalized spacial score (nSPS) is 15.2. The summed E-state index contributed by atoms with van der Waals surface area (Å²) in [5.74, 6) is -0.197. The van der Waals surface area contributed by atoms with E-state index in [0.29, 0.717) is 13.1 Å². The third-order valence-electron chi connectivity index (χ3n) is 4.57. The largest absolute Gasteiger partial charge is 0.336 e. The summed E-state index contributed by atoms with van der Waals surface area (Å²) < 4.78 is 2.06. The molecular formula is C20H20N4O2S. The number of hydrogen-bond acceptors (Lipinski definition) is 4. The molecule has 2 aromatic carbocycles. The Bertz CT molecular complexity index is 1010. The lowest BCUT2D eigenvalue weighted by atomic mass is 10.2. The zero-order valence-electron chi connectivity index (χ0n) is 15.2. The lowest BCUT2D eigenvalue weighted by molar-refractivity contribution is -0.126. The van der Waals surface area contributed by atoms with Gasteiger partial charge in [0.15, 0.2) is 5.16 Å². The molecule has 0 unspecified atom stereocenters. The Balaban J connectivity index is 1.71. The van der Waals surface area contributed by atoms with Gasteiger partial charge in [-0.2, -0.15) is 0 Å². The van der Waals surface area contributed by atoms with E-state index in [9.17, 15) is 9.59 Å². The standard InChI is InChI=1S/C20H20N4O2S/c1-13-7-9-15(10-8-13)24-17-6-4-3-5-16(17)22-20(24)27-14(2)18(25)23-12-11-21-19(23)26/h3-10,14H,11-12H2,1-2H3,(H,21,26)/t14-/m1/s1. The van der Waals surface area contributed by atoms with Crippen LogP contribution in [-0.4, -0.2) is 44.7 Å².